The lowest BCUT2D eigenvalue weighted by Gasteiger charge is -2.30. The molecule has 1 aliphatic heterocycles. The summed E-state index contributed by atoms with van der Waals surface area (Å²) in [6.45, 7) is 14.4. The van der Waals surface area contributed by atoms with Crippen LogP contribution in [0.25, 0.3) is 11.0 Å². The van der Waals surface area contributed by atoms with Gasteiger partial charge >= 0.3 is 0 Å². The molecule has 2 N–H and O–H groups in total. The van der Waals surface area contributed by atoms with E-state index in [0.717, 1.165) is 29.4 Å². The quantitative estimate of drug-likeness (QED) is 0.202. The summed E-state index contributed by atoms with van der Waals surface area (Å²) < 4.78 is 1.98. The Bertz CT molecular complexity index is 1610. The van der Waals surface area contributed by atoms with Crippen LogP contribution in [0.2, 0.25) is 5.02 Å². The number of amides is 2. The molecule has 0 radical (unpaired) electrons. The summed E-state index contributed by atoms with van der Waals surface area (Å²) >= 11 is 6.05. The number of carbonyl (C=O) groups is 2. The molecule has 45 heavy (non-hydrogen) atoms. The molecule has 3 aromatic rings. The predicted molar refractivity (Wildman–Crippen MR) is 181 cm³/mol. The Balaban J connectivity index is 1.67. The smallest absolute Gasteiger partial charge is 0.264 e. The highest BCUT2D eigenvalue weighted by Crippen LogP contribution is 2.28. The molecule has 1 aliphatic rings. The molecule has 240 valence electrons. The van der Waals surface area contributed by atoms with E-state index in [9.17, 15) is 14.9 Å². The molecule has 2 amide bonds. The normalized spacial score (nSPS) is 16.7. The van der Waals surface area contributed by atoms with Crippen molar-refractivity contribution in [1.82, 2.24) is 24.7 Å². The van der Waals surface area contributed by atoms with E-state index >= 15 is 0 Å². The Morgan fingerprint density at radius 1 is 1.16 bits per heavy atom. The van der Waals surface area contributed by atoms with E-state index < -0.39 is 5.54 Å². The van der Waals surface area contributed by atoms with Gasteiger partial charge in [0.15, 0.2) is 0 Å². The third-order valence-corrected chi connectivity index (χ3v) is 9.34. The molecule has 2 atom stereocenters. The molecule has 0 saturated carbocycles. The number of benzene rings is 2. The minimum absolute atomic E-state index is 0.123. The Labute approximate surface area is 272 Å². The van der Waals surface area contributed by atoms with E-state index in [2.05, 4.69) is 50.5 Å². The van der Waals surface area contributed by atoms with Crippen molar-refractivity contribution in [1.29, 1.82) is 5.26 Å². The highest BCUT2D eigenvalue weighted by molar-refractivity contribution is 6.30. The minimum Gasteiger partial charge on any atom is -0.333 e. The molecular formula is C35H46ClN7O2. The topological polar surface area (TPSA) is 106 Å². The fraction of sp³-hybridized carbons (Fsp3) is 0.486. The lowest BCUT2D eigenvalue weighted by molar-refractivity contribution is -0.127. The number of halogens is 1. The number of likely N-dealkylation sites (tertiary alicyclic amines) is 1. The molecule has 10 heteroatoms. The monoisotopic (exact) mass is 631 g/mol. The maximum absolute atomic E-state index is 13.7. The maximum Gasteiger partial charge on any atom is 0.264 e. The van der Waals surface area contributed by atoms with Crippen LogP contribution in [-0.4, -0.2) is 69.4 Å². The molecule has 0 spiro atoms. The Morgan fingerprint density at radius 3 is 2.47 bits per heavy atom. The van der Waals surface area contributed by atoms with Crippen molar-refractivity contribution in [2.75, 3.05) is 26.0 Å². The van der Waals surface area contributed by atoms with E-state index in [4.69, 9.17) is 16.6 Å². The number of nitrogens with one attached hydrogen (secondary N) is 2. The van der Waals surface area contributed by atoms with Gasteiger partial charge in [0, 0.05) is 41.8 Å². The first-order chi connectivity index (χ1) is 21.1. The number of carbonyl (C=O) groups excluding carboxylic acids is 2. The van der Waals surface area contributed by atoms with Crippen molar-refractivity contribution < 1.29 is 9.59 Å². The number of anilines is 1. The van der Waals surface area contributed by atoms with Crippen LogP contribution in [0, 0.1) is 16.7 Å². The van der Waals surface area contributed by atoms with E-state index in [1.807, 2.05) is 49.5 Å². The number of hydrogen-bond acceptors (Lipinski definition) is 6. The molecule has 4 rings (SSSR count). The summed E-state index contributed by atoms with van der Waals surface area (Å²) in [7, 11) is 3.84. The van der Waals surface area contributed by atoms with Crippen molar-refractivity contribution in [3.63, 3.8) is 0 Å². The second-order valence-electron chi connectivity index (χ2n) is 13.8. The van der Waals surface area contributed by atoms with Gasteiger partial charge in [0.05, 0.1) is 17.1 Å². The fourth-order valence-electron chi connectivity index (χ4n) is 5.20. The Kier molecular flexibility index (Phi) is 10.4. The Morgan fingerprint density at radius 2 is 1.84 bits per heavy atom. The van der Waals surface area contributed by atoms with Crippen LogP contribution < -0.4 is 10.6 Å². The number of rotatable bonds is 10. The van der Waals surface area contributed by atoms with Crippen LogP contribution in [-0.2, 0) is 17.9 Å². The number of hydrogen-bond donors (Lipinski definition) is 2. The van der Waals surface area contributed by atoms with Crippen molar-refractivity contribution in [3.8, 4) is 6.07 Å². The molecule has 0 aliphatic carbocycles. The lowest BCUT2D eigenvalue weighted by Crippen LogP contribution is -2.41. The molecular weight excluding hydrogens is 586 g/mol. The van der Waals surface area contributed by atoms with E-state index in [-0.39, 0.29) is 28.8 Å². The average Bonchev–Trinajstić information content (AvgIpc) is 3.58. The zero-order chi connectivity index (χ0) is 33.1. The second-order valence-corrected chi connectivity index (χ2v) is 14.2. The van der Waals surface area contributed by atoms with Crippen molar-refractivity contribution in [2.45, 2.75) is 85.1 Å². The van der Waals surface area contributed by atoms with Gasteiger partial charge in [-0.05, 0) is 101 Å². The highest BCUT2D eigenvalue weighted by Gasteiger charge is 2.33. The summed E-state index contributed by atoms with van der Waals surface area (Å²) in [5, 5.41) is 17.1. The lowest BCUT2D eigenvalue weighted by atomic mass is 9.88. The van der Waals surface area contributed by atoms with E-state index in [1.165, 1.54) is 0 Å². The van der Waals surface area contributed by atoms with Crippen LogP contribution in [0.4, 0.5) is 5.95 Å². The third-order valence-electron chi connectivity index (χ3n) is 9.09. The molecule has 9 nitrogen and oxygen atoms in total. The van der Waals surface area contributed by atoms with Gasteiger partial charge in [-0.1, -0.05) is 38.4 Å². The summed E-state index contributed by atoms with van der Waals surface area (Å²) in [5.41, 5.74) is 2.95. The summed E-state index contributed by atoms with van der Waals surface area (Å²) in [6, 6.07) is 15.1. The van der Waals surface area contributed by atoms with Crippen molar-refractivity contribution in [3.05, 3.63) is 70.3 Å². The highest BCUT2D eigenvalue weighted by atomic mass is 35.5. The van der Waals surface area contributed by atoms with Crippen molar-refractivity contribution in [2.24, 2.45) is 5.41 Å². The van der Waals surface area contributed by atoms with Crippen molar-refractivity contribution >= 4 is 40.4 Å². The summed E-state index contributed by atoms with van der Waals surface area (Å²) in [6.07, 6.45) is 3.34. The zero-order valence-electron chi connectivity index (χ0n) is 27.7. The minimum atomic E-state index is -0.465. The maximum atomic E-state index is 13.7. The molecule has 1 aromatic heterocycles. The van der Waals surface area contributed by atoms with Gasteiger partial charge in [0.25, 0.3) is 11.8 Å². The van der Waals surface area contributed by atoms with Crippen LogP contribution >= 0.6 is 11.6 Å². The van der Waals surface area contributed by atoms with Gasteiger partial charge in [-0.15, -0.1) is 0 Å². The van der Waals surface area contributed by atoms with Gasteiger partial charge in [-0.3, -0.25) is 14.9 Å². The zero-order valence-corrected chi connectivity index (χ0v) is 28.5. The SMILES string of the molecule is CC(NCc1ccc2c(c1)nc(NC(=O)c1ccc(Cl)cc1)n2CC1CCCN1C(=O)C(C#N)=CC(C)(C)N(C)C)C(C)(C)C. The second kappa shape index (κ2) is 13.7. The van der Waals surface area contributed by atoms with Gasteiger partial charge in [0.2, 0.25) is 5.95 Å². The van der Waals surface area contributed by atoms with E-state index in [1.54, 1.807) is 35.2 Å². The molecule has 1 fully saturated rings. The van der Waals surface area contributed by atoms with Crippen LogP contribution in [0.1, 0.15) is 70.3 Å². The fourth-order valence-corrected chi connectivity index (χ4v) is 5.33. The average molecular weight is 632 g/mol. The molecule has 2 heterocycles. The van der Waals surface area contributed by atoms with Gasteiger partial charge in [-0.2, -0.15) is 5.26 Å². The standard InChI is InChI=1S/C35H46ClN7O2/c1-23(34(2,3)4)38-21-24-11-16-30-29(18-24)39-33(40-31(44)25-12-14-27(36)15-13-25)43(30)22-28-10-9-17-42(28)32(45)26(20-37)19-35(5,6)41(7)8/h11-16,18-19,23,28,38H,9-10,17,21-22H2,1-8H3,(H,39,40,44). The number of imidazole rings is 1. The van der Waals surface area contributed by atoms with Crippen LogP contribution in [0.3, 0.4) is 0 Å². The Hall–Kier alpha value is -3.71. The van der Waals surface area contributed by atoms with Crippen LogP contribution in [0.15, 0.2) is 54.1 Å². The molecule has 1 saturated heterocycles. The number of fused-ring (bicyclic) bond motifs is 1. The number of aromatic nitrogens is 2. The largest absolute Gasteiger partial charge is 0.333 e. The van der Waals surface area contributed by atoms with Gasteiger partial charge in [0.1, 0.15) is 11.6 Å². The van der Waals surface area contributed by atoms with Gasteiger partial charge < -0.3 is 19.7 Å². The first-order valence-corrected chi connectivity index (χ1v) is 15.9. The molecule has 0 bridgehead atoms. The van der Waals surface area contributed by atoms with Gasteiger partial charge in [-0.25, -0.2) is 4.98 Å². The summed E-state index contributed by atoms with van der Waals surface area (Å²) in [4.78, 5) is 35.6. The number of nitrogens with zero attached hydrogens (tertiary/aromatic N) is 5. The first-order valence-electron chi connectivity index (χ1n) is 15.5. The number of likely N-dealkylation sites (N-methyl/N-ethyl adjacent to an activating group) is 1. The molecule has 2 aromatic carbocycles. The number of nitriles is 1. The van der Waals surface area contributed by atoms with Crippen LogP contribution in [0.5, 0.6) is 0 Å². The van der Waals surface area contributed by atoms with E-state index in [0.29, 0.717) is 42.2 Å². The third kappa shape index (κ3) is 8.12. The predicted octanol–water partition coefficient (Wildman–Crippen LogP) is 6.25. The summed E-state index contributed by atoms with van der Waals surface area (Å²) in [5.74, 6) is -0.168. The molecule has 2 unspecified atom stereocenters. The first kappa shape index (κ1) is 34.2.